The Morgan fingerprint density at radius 1 is 1.27 bits per heavy atom. The van der Waals surface area contributed by atoms with Crippen LogP contribution in [0.1, 0.15) is 27.2 Å². The third-order valence-electron chi connectivity index (χ3n) is 1.75. The van der Waals surface area contributed by atoms with E-state index in [0.717, 1.165) is 0 Å². The van der Waals surface area contributed by atoms with Gasteiger partial charge in [0.1, 0.15) is 0 Å². The Balaban J connectivity index is 4.84. The van der Waals surface area contributed by atoms with Gasteiger partial charge < -0.3 is 9.05 Å². The van der Waals surface area contributed by atoms with Gasteiger partial charge in [-0.25, -0.2) is 0 Å². The Morgan fingerprint density at radius 3 is 2.00 bits per heavy atom. The first-order chi connectivity index (χ1) is 7.05. The standard InChI is InChI=1S/C9H19O4PS/c1-5-8(10)9(15-4)14(11,12-6-2)13-7-3/h9H,5-7H2,1-4H3. The van der Waals surface area contributed by atoms with Gasteiger partial charge in [0.15, 0.2) is 10.8 Å². The SMILES string of the molecule is CCOP(=O)(OCC)C(SC)C(=O)CC. The van der Waals surface area contributed by atoms with E-state index in [2.05, 4.69) is 0 Å². The Hall–Kier alpha value is 0.170. The van der Waals surface area contributed by atoms with Crippen molar-refractivity contribution in [3.63, 3.8) is 0 Å². The highest BCUT2D eigenvalue weighted by molar-refractivity contribution is 8.05. The van der Waals surface area contributed by atoms with Gasteiger partial charge >= 0.3 is 7.60 Å². The van der Waals surface area contributed by atoms with E-state index in [1.165, 1.54) is 11.8 Å². The fraction of sp³-hybridized carbons (Fsp3) is 0.889. The number of rotatable bonds is 8. The number of hydrogen-bond acceptors (Lipinski definition) is 5. The van der Waals surface area contributed by atoms with Crippen LogP contribution in [0.4, 0.5) is 0 Å². The minimum absolute atomic E-state index is 0.0901. The van der Waals surface area contributed by atoms with Crippen LogP contribution in [0.3, 0.4) is 0 Å². The Kier molecular flexibility index (Phi) is 7.53. The highest BCUT2D eigenvalue weighted by Crippen LogP contribution is 2.57. The number of carbonyl (C=O) groups is 1. The van der Waals surface area contributed by atoms with Crippen molar-refractivity contribution in [2.75, 3.05) is 19.5 Å². The summed E-state index contributed by atoms with van der Waals surface area (Å²) in [5, 5.41) is 0. The fourth-order valence-electron chi connectivity index (χ4n) is 1.14. The summed E-state index contributed by atoms with van der Waals surface area (Å²) in [7, 11) is -3.29. The second kappa shape index (κ2) is 7.44. The van der Waals surface area contributed by atoms with Crippen molar-refractivity contribution in [2.24, 2.45) is 0 Å². The zero-order chi connectivity index (χ0) is 11.9. The van der Waals surface area contributed by atoms with Gasteiger partial charge in [0, 0.05) is 6.42 Å². The van der Waals surface area contributed by atoms with E-state index in [-0.39, 0.29) is 19.0 Å². The maximum absolute atomic E-state index is 12.3. The normalized spacial score (nSPS) is 13.9. The van der Waals surface area contributed by atoms with Gasteiger partial charge in [0.05, 0.1) is 13.2 Å². The minimum atomic E-state index is -3.29. The highest BCUT2D eigenvalue weighted by atomic mass is 32.2. The zero-order valence-electron chi connectivity index (χ0n) is 9.69. The molecule has 0 saturated heterocycles. The lowest BCUT2D eigenvalue weighted by atomic mass is 10.3. The largest absolute Gasteiger partial charge is 0.350 e. The van der Waals surface area contributed by atoms with Crippen molar-refractivity contribution in [3.8, 4) is 0 Å². The van der Waals surface area contributed by atoms with E-state index in [0.29, 0.717) is 6.42 Å². The van der Waals surface area contributed by atoms with Crippen LogP contribution in [0, 0.1) is 0 Å². The molecule has 0 radical (unpaired) electrons. The minimum Gasteiger partial charge on any atom is -0.308 e. The van der Waals surface area contributed by atoms with Crippen LogP contribution in [-0.4, -0.2) is 30.2 Å². The number of carbonyl (C=O) groups excluding carboxylic acids is 1. The first-order valence-corrected chi connectivity index (χ1v) is 7.89. The van der Waals surface area contributed by atoms with Crippen LogP contribution in [-0.2, 0) is 18.4 Å². The number of Topliss-reactive ketones (excluding diaryl/α,β-unsaturated/α-hetero) is 1. The summed E-state index contributed by atoms with van der Waals surface area (Å²) in [4.78, 5) is 10.9. The van der Waals surface area contributed by atoms with Crippen molar-refractivity contribution in [1.29, 1.82) is 0 Å². The molecule has 0 aliphatic carbocycles. The predicted molar refractivity (Wildman–Crippen MR) is 63.5 cm³/mol. The molecule has 1 unspecified atom stereocenters. The molecule has 0 bridgehead atoms. The van der Waals surface area contributed by atoms with Crippen molar-refractivity contribution in [3.05, 3.63) is 0 Å². The van der Waals surface area contributed by atoms with Gasteiger partial charge in [-0.15, -0.1) is 11.8 Å². The Bertz CT molecular complexity index is 234. The van der Waals surface area contributed by atoms with E-state index in [4.69, 9.17) is 9.05 Å². The van der Waals surface area contributed by atoms with Gasteiger partial charge in [-0.2, -0.15) is 0 Å². The highest BCUT2D eigenvalue weighted by Gasteiger charge is 2.39. The summed E-state index contributed by atoms with van der Waals surface area (Å²) < 4.78 is 22.5. The summed E-state index contributed by atoms with van der Waals surface area (Å²) in [6, 6.07) is 0. The van der Waals surface area contributed by atoms with E-state index in [1.807, 2.05) is 0 Å². The molecule has 0 spiro atoms. The molecule has 0 aliphatic rings. The summed E-state index contributed by atoms with van der Waals surface area (Å²) in [5.74, 6) is -0.0901. The molecule has 1 atom stereocenters. The molecular formula is C9H19O4PS. The van der Waals surface area contributed by atoms with Gasteiger partial charge in [0.25, 0.3) is 0 Å². The first-order valence-electron chi connectivity index (χ1n) is 4.99. The molecule has 0 aromatic rings. The van der Waals surface area contributed by atoms with E-state index in [1.54, 1.807) is 27.0 Å². The van der Waals surface area contributed by atoms with E-state index in [9.17, 15) is 9.36 Å². The van der Waals surface area contributed by atoms with Gasteiger partial charge in [0.2, 0.25) is 0 Å². The maximum Gasteiger partial charge on any atom is 0.350 e. The van der Waals surface area contributed by atoms with Crippen LogP contribution in [0.25, 0.3) is 0 Å². The van der Waals surface area contributed by atoms with Crippen molar-refractivity contribution >= 4 is 25.1 Å². The third-order valence-corrected chi connectivity index (χ3v) is 5.97. The molecule has 6 heteroatoms. The molecule has 0 N–H and O–H groups in total. The summed E-state index contributed by atoms with van der Waals surface area (Å²) in [6.45, 7) is 5.78. The van der Waals surface area contributed by atoms with Gasteiger partial charge in [-0.05, 0) is 20.1 Å². The number of hydrogen-bond donors (Lipinski definition) is 0. The van der Waals surface area contributed by atoms with Crippen LogP contribution < -0.4 is 0 Å². The van der Waals surface area contributed by atoms with Gasteiger partial charge in [-0.3, -0.25) is 9.36 Å². The molecule has 0 aliphatic heterocycles. The molecule has 90 valence electrons. The molecule has 0 fully saturated rings. The molecule has 0 saturated carbocycles. The zero-order valence-corrected chi connectivity index (χ0v) is 11.4. The lowest BCUT2D eigenvalue weighted by Crippen LogP contribution is -2.19. The van der Waals surface area contributed by atoms with E-state index >= 15 is 0 Å². The Morgan fingerprint density at radius 2 is 1.73 bits per heavy atom. The molecular weight excluding hydrogens is 235 g/mol. The quantitative estimate of drug-likeness (QED) is 0.623. The molecule has 0 amide bonds. The fourth-order valence-corrected chi connectivity index (χ4v) is 4.57. The number of thioether (sulfide) groups is 1. The van der Waals surface area contributed by atoms with Crippen molar-refractivity contribution in [2.45, 2.75) is 32.2 Å². The molecule has 0 heterocycles. The van der Waals surface area contributed by atoms with Crippen molar-refractivity contribution in [1.82, 2.24) is 0 Å². The van der Waals surface area contributed by atoms with E-state index < -0.39 is 12.6 Å². The topological polar surface area (TPSA) is 52.6 Å². The third kappa shape index (κ3) is 4.27. The second-order valence-corrected chi connectivity index (χ2v) is 6.19. The molecule has 0 rings (SSSR count). The lowest BCUT2D eigenvalue weighted by Gasteiger charge is -2.23. The molecule has 4 nitrogen and oxygen atoms in total. The number of ketones is 1. The molecule has 15 heavy (non-hydrogen) atoms. The monoisotopic (exact) mass is 254 g/mol. The first kappa shape index (κ1) is 15.2. The molecule has 0 aromatic heterocycles. The summed E-state index contributed by atoms with van der Waals surface area (Å²) >= 11 is 1.23. The smallest absolute Gasteiger partial charge is 0.308 e. The van der Waals surface area contributed by atoms with Gasteiger partial charge in [-0.1, -0.05) is 6.92 Å². The average Bonchev–Trinajstić information content (AvgIpc) is 2.19. The predicted octanol–water partition coefficient (Wildman–Crippen LogP) is 2.92. The van der Waals surface area contributed by atoms with Crippen LogP contribution in [0.2, 0.25) is 0 Å². The average molecular weight is 254 g/mol. The van der Waals surface area contributed by atoms with Crippen LogP contribution in [0.5, 0.6) is 0 Å². The summed E-state index contributed by atoms with van der Waals surface area (Å²) in [6.07, 6.45) is 2.08. The Labute approximate surface area is 95.6 Å². The van der Waals surface area contributed by atoms with Crippen LogP contribution in [0.15, 0.2) is 0 Å². The van der Waals surface area contributed by atoms with Crippen LogP contribution >= 0.6 is 19.4 Å². The maximum atomic E-state index is 12.3. The van der Waals surface area contributed by atoms with Crippen molar-refractivity contribution < 1.29 is 18.4 Å². The summed E-state index contributed by atoms with van der Waals surface area (Å²) in [5.41, 5.74) is 0. The second-order valence-electron chi connectivity index (χ2n) is 2.78. The molecule has 0 aromatic carbocycles. The lowest BCUT2D eigenvalue weighted by molar-refractivity contribution is -0.117.